The van der Waals surface area contributed by atoms with Crippen LogP contribution in [0.3, 0.4) is 0 Å². The molecular formula is C19H22N4O4S. The quantitative estimate of drug-likeness (QED) is 0.546. The fourth-order valence-corrected chi connectivity index (χ4v) is 3.85. The van der Waals surface area contributed by atoms with Crippen LogP contribution in [0.25, 0.3) is 0 Å². The van der Waals surface area contributed by atoms with Crippen molar-refractivity contribution in [1.29, 1.82) is 0 Å². The number of rotatable bonds is 7. The third-order valence-corrected chi connectivity index (χ3v) is 5.31. The van der Waals surface area contributed by atoms with E-state index in [4.69, 9.17) is 9.47 Å². The van der Waals surface area contributed by atoms with Gasteiger partial charge in [0, 0.05) is 36.5 Å². The topological polar surface area (TPSA) is 94.5 Å². The number of methoxy groups -OCH3 is 1. The number of hydrogen-bond acceptors (Lipinski definition) is 6. The highest BCUT2D eigenvalue weighted by molar-refractivity contribution is 7.99. The number of para-hydroxylation sites is 1. The molecule has 0 spiro atoms. The molecule has 3 rings (SSSR count). The van der Waals surface area contributed by atoms with Gasteiger partial charge in [-0.1, -0.05) is 30.0 Å². The van der Waals surface area contributed by atoms with Crippen molar-refractivity contribution in [3.8, 4) is 5.75 Å². The van der Waals surface area contributed by atoms with Gasteiger partial charge in [0.1, 0.15) is 5.75 Å². The van der Waals surface area contributed by atoms with E-state index in [1.807, 2.05) is 36.0 Å². The van der Waals surface area contributed by atoms with Crippen molar-refractivity contribution < 1.29 is 19.1 Å². The number of imidazole rings is 1. The van der Waals surface area contributed by atoms with Gasteiger partial charge < -0.3 is 24.7 Å². The van der Waals surface area contributed by atoms with Crippen LogP contribution in [0.2, 0.25) is 0 Å². The minimum atomic E-state index is -0.680. The summed E-state index contributed by atoms with van der Waals surface area (Å²) in [5.41, 5.74) is 1.53. The third-order valence-electron chi connectivity index (χ3n) is 4.22. The lowest BCUT2D eigenvalue weighted by atomic mass is 9.95. The summed E-state index contributed by atoms with van der Waals surface area (Å²) in [6.45, 7) is 1.97. The first-order valence-corrected chi connectivity index (χ1v) is 9.74. The minimum absolute atomic E-state index is 0.231. The van der Waals surface area contributed by atoms with Crippen LogP contribution in [-0.4, -0.2) is 41.0 Å². The van der Waals surface area contributed by atoms with E-state index in [1.165, 1.54) is 11.8 Å². The lowest BCUT2D eigenvalue weighted by molar-refractivity contribution is -0.139. The van der Waals surface area contributed by atoms with Gasteiger partial charge in [-0.15, -0.1) is 0 Å². The zero-order valence-corrected chi connectivity index (χ0v) is 16.7. The molecule has 0 aliphatic carbocycles. The highest BCUT2D eigenvalue weighted by Crippen LogP contribution is 2.34. The molecule has 1 aromatic heterocycles. The molecule has 8 nitrogen and oxygen atoms in total. The summed E-state index contributed by atoms with van der Waals surface area (Å²) in [6.07, 6.45) is 3.53. The second-order valence-electron chi connectivity index (χ2n) is 6.00. The van der Waals surface area contributed by atoms with Gasteiger partial charge in [-0.3, -0.25) is 0 Å². The van der Waals surface area contributed by atoms with E-state index in [0.29, 0.717) is 28.3 Å². The molecular weight excluding hydrogens is 380 g/mol. The summed E-state index contributed by atoms with van der Waals surface area (Å²) in [5.74, 6) is 0.451. The minimum Gasteiger partial charge on any atom is -0.496 e. The Hall–Kier alpha value is -2.94. The molecule has 2 amide bonds. The number of carbonyl (C=O) groups is 2. The van der Waals surface area contributed by atoms with Crippen LogP contribution in [0.1, 0.15) is 18.5 Å². The highest BCUT2D eigenvalue weighted by Gasteiger charge is 2.35. The van der Waals surface area contributed by atoms with Crippen molar-refractivity contribution in [2.45, 2.75) is 18.1 Å². The second kappa shape index (κ2) is 8.83. The number of ether oxygens (including phenoxy) is 2. The van der Waals surface area contributed by atoms with E-state index in [1.54, 1.807) is 26.3 Å². The molecule has 2 heterocycles. The number of benzene rings is 1. The summed E-state index contributed by atoms with van der Waals surface area (Å²) in [4.78, 5) is 29.4. The number of aryl methyl sites for hydroxylation is 1. The molecule has 1 unspecified atom stereocenters. The number of nitrogens with one attached hydrogen (secondary N) is 2. The first kappa shape index (κ1) is 19.8. The number of aromatic nitrogens is 2. The van der Waals surface area contributed by atoms with Gasteiger partial charge in [-0.05, 0) is 13.0 Å². The fourth-order valence-electron chi connectivity index (χ4n) is 2.95. The molecule has 0 bridgehead atoms. The van der Waals surface area contributed by atoms with Gasteiger partial charge in [0.15, 0.2) is 5.16 Å². The molecule has 0 fully saturated rings. The smallest absolute Gasteiger partial charge is 0.338 e. The Bertz CT molecular complexity index is 909. The van der Waals surface area contributed by atoms with Gasteiger partial charge in [-0.25, -0.2) is 14.6 Å². The van der Waals surface area contributed by atoms with E-state index in [2.05, 4.69) is 15.6 Å². The van der Waals surface area contributed by atoms with Crippen LogP contribution in [0, 0.1) is 0 Å². The Morgan fingerprint density at radius 3 is 2.82 bits per heavy atom. The Kier molecular flexibility index (Phi) is 6.25. The van der Waals surface area contributed by atoms with Gasteiger partial charge in [0.2, 0.25) is 0 Å². The van der Waals surface area contributed by atoms with Gasteiger partial charge in [0.05, 0.1) is 25.3 Å². The van der Waals surface area contributed by atoms with Crippen molar-refractivity contribution in [2.75, 3.05) is 19.5 Å². The number of thioether (sulfide) groups is 1. The maximum atomic E-state index is 12.8. The third kappa shape index (κ3) is 4.14. The zero-order chi connectivity index (χ0) is 20.1. The molecule has 1 aliphatic rings. The zero-order valence-electron chi connectivity index (χ0n) is 15.9. The van der Waals surface area contributed by atoms with Crippen LogP contribution in [0.5, 0.6) is 5.75 Å². The number of urea groups is 1. The second-order valence-corrected chi connectivity index (χ2v) is 6.94. The average molecular weight is 402 g/mol. The lowest BCUT2D eigenvalue weighted by Crippen LogP contribution is -2.46. The van der Waals surface area contributed by atoms with Crippen molar-refractivity contribution in [3.05, 3.63) is 53.5 Å². The molecule has 0 saturated heterocycles. The van der Waals surface area contributed by atoms with E-state index in [-0.39, 0.29) is 12.6 Å². The fraction of sp³-hybridized carbons (Fsp3) is 0.316. The Balaban J connectivity index is 2.02. The van der Waals surface area contributed by atoms with E-state index < -0.39 is 12.0 Å². The molecule has 1 aromatic carbocycles. The molecule has 0 saturated carbocycles. The molecule has 2 aromatic rings. The van der Waals surface area contributed by atoms with Gasteiger partial charge >= 0.3 is 12.0 Å². The first-order valence-electron chi connectivity index (χ1n) is 8.75. The number of hydrogen-bond donors (Lipinski definition) is 2. The van der Waals surface area contributed by atoms with E-state index in [0.717, 1.165) is 5.16 Å². The molecule has 1 atom stereocenters. The van der Waals surface area contributed by atoms with Crippen LogP contribution >= 0.6 is 11.8 Å². The predicted octanol–water partition coefficient (Wildman–Crippen LogP) is 2.39. The summed E-state index contributed by atoms with van der Waals surface area (Å²) in [6, 6.07) is 6.20. The van der Waals surface area contributed by atoms with Crippen molar-refractivity contribution in [1.82, 2.24) is 20.2 Å². The van der Waals surface area contributed by atoms with Gasteiger partial charge in [-0.2, -0.15) is 0 Å². The summed E-state index contributed by atoms with van der Waals surface area (Å²) in [7, 11) is 3.43. The maximum Gasteiger partial charge on any atom is 0.338 e. The normalized spacial score (nSPS) is 16.4. The Morgan fingerprint density at radius 2 is 2.14 bits per heavy atom. The maximum absolute atomic E-state index is 12.8. The highest BCUT2D eigenvalue weighted by atomic mass is 32.2. The SMILES string of the molecule is CCOC(=O)C1=C(CSc2nccn2C)NC(=O)NC1c1ccccc1OC. The molecule has 2 N–H and O–H groups in total. The summed E-state index contributed by atoms with van der Waals surface area (Å²) < 4.78 is 12.6. The van der Waals surface area contributed by atoms with Gasteiger partial charge in [0.25, 0.3) is 0 Å². The van der Waals surface area contributed by atoms with Crippen molar-refractivity contribution >= 4 is 23.8 Å². The van der Waals surface area contributed by atoms with E-state index >= 15 is 0 Å². The molecule has 9 heteroatoms. The average Bonchev–Trinajstić information content (AvgIpc) is 3.10. The number of esters is 1. The molecule has 148 valence electrons. The van der Waals surface area contributed by atoms with E-state index in [9.17, 15) is 9.59 Å². The lowest BCUT2D eigenvalue weighted by Gasteiger charge is -2.30. The van der Waals surface area contributed by atoms with Crippen LogP contribution in [0.4, 0.5) is 4.79 Å². The van der Waals surface area contributed by atoms with Crippen molar-refractivity contribution in [2.24, 2.45) is 7.05 Å². The number of nitrogens with zero attached hydrogens (tertiary/aromatic N) is 2. The molecule has 28 heavy (non-hydrogen) atoms. The first-order chi connectivity index (χ1) is 13.5. The largest absolute Gasteiger partial charge is 0.496 e. The summed E-state index contributed by atoms with van der Waals surface area (Å²) >= 11 is 1.42. The number of carbonyl (C=O) groups excluding carboxylic acids is 2. The van der Waals surface area contributed by atoms with Crippen LogP contribution in [0.15, 0.2) is 53.1 Å². The predicted molar refractivity (Wildman–Crippen MR) is 105 cm³/mol. The van der Waals surface area contributed by atoms with Crippen molar-refractivity contribution in [3.63, 3.8) is 0 Å². The Morgan fingerprint density at radius 1 is 1.36 bits per heavy atom. The number of amides is 2. The van der Waals surface area contributed by atoms with Crippen LogP contribution in [-0.2, 0) is 16.6 Å². The molecule has 0 radical (unpaired) electrons. The monoisotopic (exact) mass is 402 g/mol. The Labute approximate surface area is 167 Å². The standard InChI is InChI=1S/C19H22N4O4S/c1-4-27-17(24)15-13(11-28-19-20-9-10-23(19)2)21-18(25)22-16(15)12-7-5-6-8-14(12)26-3/h5-10,16H,4,11H2,1-3H3,(H2,21,22,25). The van der Waals surface area contributed by atoms with Crippen LogP contribution < -0.4 is 15.4 Å². The summed E-state index contributed by atoms with van der Waals surface area (Å²) in [5, 5.41) is 6.34. The molecule has 1 aliphatic heterocycles.